The molecule has 0 spiro atoms. The van der Waals surface area contributed by atoms with E-state index in [9.17, 15) is 4.79 Å². The van der Waals surface area contributed by atoms with Crippen LogP contribution in [0.5, 0.6) is 5.75 Å². The Hall–Kier alpha value is -1.88. The van der Waals surface area contributed by atoms with Gasteiger partial charge in [0.1, 0.15) is 11.9 Å². The Kier molecular flexibility index (Phi) is 3.69. The third-order valence-electron chi connectivity index (χ3n) is 3.33. The molecule has 2 aromatic heterocycles. The number of nitrogens with zero attached hydrogens (tertiary/aromatic N) is 2. The molecule has 2 aromatic rings. The fraction of sp³-hybridized carbons (Fsp3) is 0.333. The number of rotatable bonds is 3. The number of aromatic nitrogens is 1. The fourth-order valence-electron chi connectivity index (χ4n) is 2.32. The SMILES string of the molecule is Cc1csc(C(=O)N2CC[C@H](Oc3ccncc3)C2)c1. The van der Waals surface area contributed by atoms with Gasteiger partial charge in [0, 0.05) is 25.4 Å². The maximum absolute atomic E-state index is 12.3. The average Bonchev–Trinajstić information content (AvgIpc) is 3.08. The van der Waals surface area contributed by atoms with Crippen molar-refractivity contribution in [2.24, 2.45) is 0 Å². The second-order valence-electron chi connectivity index (χ2n) is 4.95. The number of hydrogen-bond acceptors (Lipinski definition) is 4. The Morgan fingerprint density at radius 2 is 2.25 bits per heavy atom. The lowest BCUT2D eigenvalue weighted by Crippen LogP contribution is -2.30. The van der Waals surface area contributed by atoms with Crippen LogP contribution in [-0.4, -0.2) is 35.0 Å². The van der Waals surface area contributed by atoms with Gasteiger partial charge in [0.25, 0.3) is 5.91 Å². The second kappa shape index (κ2) is 5.63. The van der Waals surface area contributed by atoms with Crippen molar-refractivity contribution in [1.82, 2.24) is 9.88 Å². The monoisotopic (exact) mass is 288 g/mol. The number of amides is 1. The highest BCUT2D eigenvalue weighted by Crippen LogP contribution is 2.22. The predicted octanol–water partition coefficient (Wildman–Crippen LogP) is 2.75. The van der Waals surface area contributed by atoms with Gasteiger partial charge in [0.15, 0.2) is 0 Å². The summed E-state index contributed by atoms with van der Waals surface area (Å²) in [6.07, 6.45) is 4.37. The summed E-state index contributed by atoms with van der Waals surface area (Å²) in [6.45, 7) is 3.41. The predicted molar refractivity (Wildman–Crippen MR) is 78.2 cm³/mol. The van der Waals surface area contributed by atoms with E-state index in [0.717, 1.165) is 29.2 Å². The summed E-state index contributed by atoms with van der Waals surface area (Å²) in [6, 6.07) is 5.63. The normalized spacial score (nSPS) is 18.2. The van der Waals surface area contributed by atoms with Gasteiger partial charge in [0.2, 0.25) is 0 Å². The molecule has 0 unspecified atom stereocenters. The molecule has 0 bridgehead atoms. The highest BCUT2D eigenvalue weighted by atomic mass is 32.1. The molecule has 1 aliphatic rings. The fourth-order valence-corrected chi connectivity index (χ4v) is 3.18. The molecule has 1 aliphatic heterocycles. The minimum absolute atomic E-state index is 0.0717. The number of likely N-dealkylation sites (tertiary alicyclic amines) is 1. The van der Waals surface area contributed by atoms with E-state index in [4.69, 9.17) is 4.74 Å². The summed E-state index contributed by atoms with van der Waals surface area (Å²) in [7, 11) is 0. The van der Waals surface area contributed by atoms with Gasteiger partial charge < -0.3 is 9.64 Å². The molecule has 104 valence electrons. The third-order valence-corrected chi connectivity index (χ3v) is 4.36. The average molecular weight is 288 g/mol. The summed E-state index contributed by atoms with van der Waals surface area (Å²) in [5.41, 5.74) is 1.14. The first-order valence-electron chi connectivity index (χ1n) is 6.63. The van der Waals surface area contributed by atoms with E-state index in [1.165, 1.54) is 11.3 Å². The first-order valence-corrected chi connectivity index (χ1v) is 7.51. The van der Waals surface area contributed by atoms with Crippen molar-refractivity contribution < 1.29 is 9.53 Å². The Balaban J connectivity index is 1.61. The van der Waals surface area contributed by atoms with Crippen molar-refractivity contribution in [2.45, 2.75) is 19.4 Å². The molecule has 3 rings (SSSR count). The van der Waals surface area contributed by atoms with Gasteiger partial charge in [0.05, 0.1) is 11.4 Å². The molecular weight excluding hydrogens is 272 g/mol. The number of ether oxygens (including phenoxy) is 1. The first kappa shape index (κ1) is 13.1. The molecule has 1 atom stereocenters. The number of hydrogen-bond donors (Lipinski definition) is 0. The van der Waals surface area contributed by atoms with E-state index in [0.29, 0.717) is 6.54 Å². The van der Waals surface area contributed by atoms with Crippen LogP contribution in [0.3, 0.4) is 0 Å². The molecule has 1 fully saturated rings. The molecule has 0 aromatic carbocycles. The topological polar surface area (TPSA) is 42.4 Å². The summed E-state index contributed by atoms with van der Waals surface area (Å²) in [5, 5.41) is 2.01. The molecule has 3 heterocycles. The summed E-state index contributed by atoms with van der Waals surface area (Å²) < 4.78 is 5.87. The summed E-state index contributed by atoms with van der Waals surface area (Å²) in [4.78, 5) is 19.0. The molecule has 20 heavy (non-hydrogen) atoms. The first-order chi connectivity index (χ1) is 9.72. The summed E-state index contributed by atoms with van der Waals surface area (Å²) >= 11 is 1.51. The highest BCUT2D eigenvalue weighted by molar-refractivity contribution is 7.12. The molecule has 1 saturated heterocycles. The van der Waals surface area contributed by atoms with Crippen LogP contribution in [0.2, 0.25) is 0 Å². The minimum Gasteiger partial charge on any atom is -0.488 e. The van der Waals surface area contributed by atoms with Crippen molar-refractivity contribution in [3.8, 4) is 5.75 Å². The van der Waals surface area contributed by atoms with E-state index in [-0.39, 0.29) is 12.0 Å². The number of thiophene rings is 1. The number of carbonyl (C=O) groups is 1. The van der Waals surface area contributed by atoms with E-state index in [2.05, 4.69) is 4.98 Å². The van der Waals surface area contributed by atoms with Crippen LogP contribution >= 0.6 is 11.3 Å². The van der Waals surface area contributed by atoms with Gasteiger partial charge in [-0.2, -0.15) is 0 Å². The van der Waals surface area contributed by atoms with Gasteiger partial charge in [-0.3, -0.25) is 9.78 Å². The zero-order valence-corrected chi connectivity index (χ0v) is 12.1. The van der Waals surface area contributed by atoms with Crippen molar-refractivity contribution in [1.29, 1.82) is 0 Å². The standard InChI is InChI=1S/C15H16N2O2S/c1-11-8-14(20-10-11)15(18)17-7-4-13(9-17)19-12-2-5-16-6-3-12/h2-3,5-6,8,10,13H,4,7,9H2,1H3/t13-/m0/s1. The Bertz CT molecular complexity index is 597. The molecule has 0 aliphatic carbocycles. The molecule has 0 saturated carbocycles. The van der Waals surface area contributed by atoms with Gasteiger partial charge in [-0.1, -0.05) is 0 Å². The Morgan fingerprint density at radius 1 is 1.45 bits per heavy atom. The van der Waals surface area contributed by atoms with Crippen LogP contribution in [0.25, 0.3) is 0 Å². The van der Waals surface area contributed by atoms with E-state index in [1.807, 2.05) is 35.4 Å². The lowest BCUT2D eigenvalue weighted by molar-refractivity contribution is 0.0777. The zero-order chi connectivity index (χ0) is 13.9. The Morgan fingerprint density at radius 3 is 2.95 bits per heavy atom. The van der Waals surface area contributed by atoms with E-state index in [1.54, 1.807) is 12.4 Å². The van der Waals surface area contributed by atoms with Crippen molar-refractivity contribution in [3.05, 3.63) is 46.4 Å². The number of pyridine rings is 1. The lowest BCUT2D eigenvalue weighted by Gasteiger charge is -2.16. The maximum atomic E-state index is 12.3. The van der Waals surface area contributed by atoms with Gasteiger partial charge in [-0.15, -0.1) is 11.3 Å². The van der Waals surface area contributed by atoms with Crippen LogP contribution in [0, 0.1) is 6.92 Å². The smallest absolute Gasteiger partial charge is 0.264 e. The quantitative estimate of drug-likeness (QED) is 0.872. The van der Waals surface area contributed by atoms with Crippen LogP contribution < -0.4 is 4.74 Å². The van der Waals surface area contributed by atoms with Crippen molar-refractivity contribution >= 4 is 17.2 Å². The highest BCUT2D eigenvalue weighted by Gasteiger charge is 2.28. The van der Waals surface area contributed by atoms with Crippen LogP contribution in [0.4, 0.5) is 0 Å². The van der Waals surface area contributed by atoms with E-state index < -0.39 is 0 Å². The molecule has 5 heteroatoms. The lowest BCUT2D eigenvalue weighted by atomic mass is 10.3. The molecule has 1 amide bonds. The minimum atomic E-state index is 0.0717. The van der Waals surface area contributed by atoms with E-state index >= 15 is 0 Å². The van der Waals surface area contributed by atoms with Crippen LogP contribution in [0.1, 0.15) is 21.7 Å². The number of carbonyl (C=O) groups excluding carboxylic acids is 1. The van der Waals surface area contributed by atoms with Crippen LogP contribution in [-0.2, 0) is 0 Å². The maximum Gasteiger partial charge on any atom is 0.264 e. The van der Waals surface area contributed by atoms with Gasteiger partial charge in [-0.05, 0) is 36.1 Å². The van der Waals surface area contributed by atoms with Crippen molar-refractivity contribution in [2.75, 3.05) is 13.1 Å². The Labute approximate surface area is 122 Å². The molecular formula is C15H16N2O2S. The second-order valence-corrected chi connectivity index (χ2v) is 5.86. The molecule has 4 nitrogen and oxygen atoms in total. The van der Waals surface area contributed by atoms with Crippen molar-refractivity contribution in [3.63, 3.8) is 0 Å². The van der Waals surface area contributed by atoms with Gasteiger partial charge in [-0.25, -0.2) is 0 Å². The molecule has 0 radical (unpaired) electrons. The summed E-state index contributed by atoms with van der Waals surface area (Å²) in [5.74, 6) is 0.926. The zero-order valence-electron chi connectivity index (χ0n) is 11.3. The largest absolute Gasteiger partial charge is 0.488 e. The third kappa shape index (κ3) is 2.82. The van der Waals surface area contributed by atoms with Gasteiger partial charge >= 0.3 is 0 Å². The number of aryl methyl sites for hydroxylation is 1. The molecule has 0 N–H and O–H groups in total. The van der Waals surface area contributed by atoms with Crippen LogP contribution in [0.15, 0.2) is 36.0 Å².